The van der Waals surface area contributed by atoms with Crippen molar-refractivity contribution in [3.05, 3.63) is 65.2 Å². The van der Waals surface area contributed by atoms with E-state index < -0.39 is 0 Å². The van der Waals surface area contributed by atoms with Gasteiger partial charge in [0.15, 0.2) is 0 Å². The molecular weight excluding hydrogens is 252 g/mol. The number of nitrogens with two attached hydrogens (primary N) is 1. The molecule has 1 aliphatic rings. The van der Waals surface area contributed by atoms with Crippen molar-refractivity contribution in [1.82, 2.24) is 0 Å². The maximum Gasteiger partial charge on any atom is 0.103 e. The highest BCUT2D eigenvalue weighted by atomic mass is 32.1. The fourth-order valence-electron chi connectivity index (χ4n) is 2.57. The van der Waals surface area contributed by atoms with Crippen LogP contribution in [0.3, 0.4) is 0 Å². The summed E-state index contributed by atoms with van der Waals surface area (Å²) in [6, 6.07) is 16.8. The number of rotatable bonds is 3. The first-order chi connectivity index (χ1) is 9.24. The van der Waals surface area contributed by atoms with Crippen molar-refractivity contribution < 1.29 is 0 Å². The molecule has 1 heterocycles. The molecule has 0 spiro atoms. The van der Waals surface area contributed by atoms with Crippen molar-refractivity contribution >= 4 is 22.9 Å². The summed E-state index contributed by atoms with van der Waals surface area (Å²) >= 11 is 4.97. The van der Waals surface area contributed by atoms with Gasteiger partial charge in [-0.05, 0) is 23.6 Å². The van der Waals surface area contributed by atoms with Crippen LogP contribution in [-0.2, 0) is 13.0 Å². The zero-order valence-corrected chi connectivity index (χ0v) is 11.5. The minimum absolute atomic E-state index is 0.457. The Morgan fingerprint density at radius 1 is 1.11 bits per heavy atom. The maximum absolute atomic E-state index is 5.61. The van der Waals surface area contributed by atoms with Gasteiger partial charge in [-0.25, -0.2) is 0 Å². The maximum atomic E-state index is 5.61. The lowest BCUT2D eigenvalue weighted by atomic mass is 10.1. The molecular formula is C16H16N2S. The summed E-state index contributed by atoms with van der Waals surface area (Å²) in [4.78, 5) is 2.88. The van der Waals surface area contributed by atoms with E-state index in [-0.39, 0.29) is 0 Å². The summed E-state index contributed by atoms with van der Waals surface area (Å²) in [6.07, 6.45) is 1.14. The molecule has 0 unspecified atom stereocenters. The summed E-state index contributed by atoms with van der Waals surface area (Å²) in [5.41, 5.74) is 10.6. The van der Waals surface area contributed by atoms with Crippen LogP contribution in [0.25, 0.3) is 0 Å². The van der Waals surface area contributed by atoms with Gasteiger partial charge >= 0.3 is 0 Å². The third-order valence-corrected chi connectivity index (χ3v) is 3.83. The highest BCUT2D eigenvalue weighted by Gasteiger charge is 2.17. The van der Waals surface area contributed by atoms with E-state index in [1.165, 1.54) is 16.8 Å². The molecule has 2 aromatic carbocycles. The molecule has 0 fully saturated rings. The van der Waals surface area contributed by atoms with E-state index >= 15 is 0 Å². The summed E-state index contributed by atoms with van der Waals surface area (Å²) < 4.78 is 0. The van der Waals surface area contributed by atoms with Crippen molar-refractivity contribution in [2.45, 2.75) is 13.0 Å². The van der Waals surface area contributed by atoms with E-state index in [1.807, 2.05) is 12.1 Å². The number of para-hydroxylation sites is 1. The van der Waals surface area contributed by atoms with Gasteiger partial charge in [-0.15, -0.1) is 0 Å². The number of anilines is 1. The van der Waals surface area contributed by atoms with Gasteiger partial charge in [0, 0.05) is 24.3 Å². The molecule has 19 heavy (non-hydrogen) atoms. The van der Waals surface area contributed by atoms with Crippen molar-refractivity contribution in [3.8, 4) is 0 Å². The Balaban J connectivity index is 1.78. The van der Waals surface area contributed by atoms with Crippen molar-refractivity contribution in [2.75, 3.05) is 11.4 Å². The molecule has 1 aliphatic heterocycles. The van der Waals surface area contributed by atoms with E-state index in [4.69, 9.17) is 18.0 Å². The van der Waals surface area contributed by atoms with Crippen LogP contribution in [0.2, 0.25) is 0 Å². The third kappa shape index (κ3) is 2.47. The van der Waals surface area contributed by atoms with Crippen LogP contribution in [0.5, 0.6) is 0 Å². The van der Waals surface area contributed by atoms with Gasteiger partial charge in [-0.1, -0.05) is 54.7 Å². The van der Waals surface area contributed by atoms with Gasteiger partial charge in [0.1, 0.15) is 4.99 Å². The lowest BCUT2D eigenvalue weighted by Gasteiger charge is -2.19. The molecule has 3 heteroatoms. The predicted molar refractivity (Wildman–Crippen MR) is 83.5 cm³/mol. The molecule has 0 radical (unpaired) electrons. The van der Waals surface area contributed by atoms with Crippen LogP contribution in [-0.4, -0.2) is 11.5 Å². The van der Waals surface area contributed by atoms with Gasteiger partial charge in [-0.2, -0.15) is 0 Å². The summed E-state index contributed by atoms with van der Waals surface area (Å²) in [7, 11) is 0. The van der Waals surface area contributed by atoms with Crippen molar-refractivity contribution in [2.24, 2.45) is 5.73 Å². The van der Waals surface area contributed by atoms with Gasteiger partial charge in [0.05, 0.1) is 0 Å². The van der Waals surface area contributed by atoms with E-state index in [0.717, 1.165) is 25.1 Å². The number of nitrogens with zero attached hydrogens (tertiary/aromatic N) is 1. The van der Waals surface area contributed by atoms with Crippen LogP contribution >= 0.6 is 12.2 Å². The van der Waals surface area contributed by atoms with E-state index in [9.17, 15) is 0 Å². The average Bonchev–Trinajstić information content (AvgIpc) is 2.83. The van der Waals surface area contributed by atoms with E-state index in [0.29, 0.717) is 4.99 Å². The Bertz CT molecular complexity index is 604. The number of benzene rings is 2. The summed E-state index contributed by atoms with van der Waals surface area (Å²) in [6.45, 7) is 2.03. The Morgan fingerprint density at radius 2 is 1.84 bits per heavy atom. The molecule has 0 atom stereocenters. The van der Waals surface area contributed by atoms with E-state index in [1.54, 1.807) is 0 Å². The minimum atomic E-state index is 0.457. The molecule has 2 N–H and O–H groups in total. The van der Waals surface area contributed by atoms with Crippen LogP contribution in [0.4, 0.5) is 5.69 Å². The van der Waals surface area contributed by atoms with Crippen LogP contribution in [0.15, 0.2) is 48.5 Å². The molecule has 0 bridgehead atoms. The Labute approximate surface area is 118 Å². The minimum Gasteiger partial charge on any atom is -0.389 e. The molecule has 0 aromatic heterocycles. The fourth-order valence-corrected chi connectivity index (χ4v) is 2.70. The highest BCUT2D eigenvalue weighted by Crippen LogP contribution is 2.28. The first-order valence-electron chi connectivity index (χ1n) is 6.45. The van der Waals surface area contributed by atoms with Gasteiger partial charge in [0.2, 0.25) is 0 Å². The largest absolute Gasteiger partial charge is 0.389 e. The molecule has 3 rings (SSSR count). The predicted octanol–water partition coefficient (Wildman–Crippen LogP) is 2.88. The second-order valence-corrected chi connectivity index (χ2v) is 5.30. The molecule has 0 aliphatic carbocycles. The van der Waals surface area contributed by atoms with Gasteiger partial charge < -0.3 is 10.6 Å². The first kappa shape index (κ1) is 12.2. The fraction of sp³-hybridized carbons (Fsp3) is 0.188. The number of thiocarbonyl (C=S) groups is 1. The average molecular weight is 268 g/mol. The molecule has 96 valence electrons. The number of fused-ring (bicyclic) bond motifs is 1. The van der Waals surface area contributed by atoms with Crippen LogP contribution < -0.4 is 10.6 Å². The Hall–Kier alpha value is -1.87. The van der Waals surface area contributed by atoms with E-state index in [2.05, 4.69) is 41.3 Å². The topological polar surface area (TPSA) is 29.3 Å². The van der Waals surface area contributed by atoms with Crippen molar-refractivity contribution in [1.29, 1.82) is 0 Å². The zero-order chi connectivity index (χ0) is 13.2. The second-order valence-electron chi connectivity index (χ2n) is 4.86. The van der Waals surface area contributed by atoms with Crippen LogP contribution in [0, 0.1) is 0 Å². The van der Waals surface area contributed by atoms with Gasteiger partial charge in [0.25, 0.3) is 0 Å². The van der Waals surface area contributed by atoms with Crippen molar-refractivity contribution in [3.63, 3.8) is 0 Å². The lowest BCUT2D eigenvalue weighted by molar-refractivity contribution is 0.836. The summed E-state index contributed by atoms with van der Waals surface area (Å²) in [5.74, 6) is 0. The second kappa shape index (κ2) is 5.02. The number of hydrogen-bond acceptors (Lipinski definition) is 2. The standard InChI is InChI=1S/C16H16N2S/c17-16(19)14-7-5-12(6-8-14)11-18-10-9-13-3-1-2-4-15(13)18/h1-8H,9-11H2,(H2,17,19). The summed E-state index contributed by atoms with van der Waals surface area (Å²) in [5, 5.41) is 0. The molecule has 2 aromatic rings. The Morgan fingerprint density at radius 3 is 2.58 bits per heavy atom. The first-order valence-corrected chi connectivity index (χ1v) is 6.86. The van der Waals surface area contributed by atoms with Crippen LogP contribution in [0.1, 0.15) is 16.7 Å². The quantitative estimate of drug-likeness (QED) is 0.868. The molecule has 2 nitrogen and oxygen atoms in total. The smallest absolute Gasteiger partial charge is 0.103 e. The zero-order valence-electron chi connectivity index (χ0n) is 10.7. The molecule has 0 saturated carbocycles. The van der Waals surface area contributed by atoms with Gasteiger partial charge in [-0.3, -0.25) is 0 Å². The molecule has 0 saturated heterocycles. The monoisotopic (exact) mass is 268 g/mol. The molecule has 0 amide bonds. The third-order valence-electron chi connectivity index (χ3n) is 3.60. The normalized spacial score (nSPS) is 13.4. The SMILES string of the molecule is NC(=S)c1ccc(CN2CCc3ccccc32)cc1. The Kier molecular flexibility index (Phi) is 3.22. The number of hydrogen-bond donors (Lipinski definition) is 1. The highest BCUT2D eigenvalue weighted by molar-refractivity contribution is 7.80. The lowest BCUT2D eigenvalue weighted by Crippen LogP contribution is -2.19.